The molecule has 1 fully saturated rings. The van der Waals surface area contributed by atoms with Crippen LogP contribution >= 0.6 is 0 Å². The molecule has 2 aliphatic heterocycles. The zero-order valence-electron chi connectivity index (χ0n) is 13.1. The number of nitrogens with one attached hydrogen (secondary N) is 1. The quantitative estimate of drug-likeness (QED) is 0.902. The van der Waals surface area contributed by atoms with E-state index in [0.717, 1.165) is 23.1 Å². The molecule has 2 heterocycles. The Morgan fingerprint density at radius 2 is 2.00 bits per heavy atom. The average molecular weight is 290 g/mol. The number of piperidine rings is 1. The molecule has 4 nitrogen and oxygen atoms in total. The summed E-state index contributed by atoms with van der Waals surface area (Å²) in [5.41, 5.74) is 1.13. The Bertz CT molecular complexity index is 470. The number of rotatable bonds is 5. The van der Waals surface area contributed by atoms with Gasteiger partial charge in [-0.15, -0.1) is 0 Å². The summed E-state index contributed by atoms with van der Waals surface area (Å²) in [6, 6.07) is 6.61. The molecular weight excluding hydrogens is 264 g/mol. The molecule has 116 valence electrons. The third kappa shape index (κ3) is 3.43. The van der Waals surface area contributed by atoms with Gasteiger partial charge in [-0.2, -0.15) is 0 Å². The first kappa shape index (κ1) is 14.5. The lowest BCUT2D eigenvalue weighted by atomic mass is 9.90. The number of fused-ring (bicyclic) bond motifs is 1. The zero-order chi connectivity index (χ0) is 14.7. The summed E-state index contributed by atoms with van der Waals surface area (Å²) in [5, 5.41) is 3.63. The number of ether oxygens (including phenoxy) is 2. The van der Waals surface area contributed by atoms with Crippen LogP contribution in [-0.2, 0) is 0 Å². The molecule has 0 aliphatic carbocycles. The summed E-state index contributed by atoms with van der Waals surface area (Å²) in [6.07, 6.45) is 3.84. The van der Waals surface area contributed by atoms with Crippen LogP contribution in [0.15, 0.2) is 18.2 Å². The lowest BCUT2D eigenvalue weighted by molar-refractivity contribution is 0.174. The van der Waals surface area contributed by atoms with Gasteiger partial charge in [0.05, 0.1) is 0 Å². The molecule has 0 radical (unpaired) electrons. The summed E-state index contributed by atoms with van der Waals surface area (Å²) >= 11 is 0. The second-order valence-corrected chi connectivity index (χ2v) is 6.18. The Morgan fingerprint density at radius 3 is 2.76 bits per heavy atom. The van der Waals surface area contributed by atoms with E-state index in [0.29, 0.717) is 12.8 Å². The maximum Gasteiger partial charge on any atom is 0.231 e. The maximum atomic E-state index is 5.44. The molecule has 0 aromatic heterocycles. The molecule has 4 heteroatoms. The first-order valence-corrected chi connectivity index (χ1v) is 8.15. The molecule has 2 aliphatic rings. The predicted molar refractivity (Wildman–Crippen MR) is 85.1 cm³/mol. The SMILES string of the molecule is CCCN1CCC(C(C)Nc2ccc3c(c2)OCO3)CC1. The molecule has 0 bridgehead atoms. The number of hydrogen-bond donors (Lipinski definition) is 1. The number of anilines is 1. The molecule has 1 aromatic rings. The van der Waals surface area contributed by atoms with Crippen molar-refractivity contribution >= 4 is 5.69 Å². The smallest absolute Gasteiger partial charge is 0.231 e. The molecule has 1 atom stereocenters. The van der Waals surface area contributed by atoms with Crippen LogP contribution in [0.5, 0.6) is 11.5 Å². The van der Waals surface area contributed by atoms with Crippen molar-refractivity contribution in [2.45, 2.75) is 39.2 Å². The van der Waals surface area contributed by atoms with Crippen LogP contribution in [-0.4, -0.2) is 37.4 Å². The Kier molecular flexibility index (Phi) is 4.54. The van der Waals surface area contributed by atoms with Crippen molar-refractivity contribution in [2.75, 3.05) is 31.7 Å². The number of nitrogens with zero attached hydrogens (tertiary/aromatic N) is 1. The summed E-state index contributed by atoms with van der Waals surface area (Å²) in [7, 11) is 0. The van der Waals surface area contributed by atoms with Gasteiger partial charge in [0.1, 0.15) is 0 Å². The first-order chi connectivity index (χ1) is 10.3. The third-order valence-corrected chi connectivity index (χ3v) is 4.65. The highest BCUT2D eigenvalue weighted by Gasteiger charge is 2.24. The Labute approximate surface area is 127 Å². The van der Waals surface area contributed by atoms with E-state index in [1.807, 2.05) is 12.1 Å². The van der Waals surface area contributed by atoms with Gasteiger partial charge in [0.25, 0.3) is 0 Å². The van der Waals surface area contributed by atoms with Crippen LogP contribution in [0.4, 0.5) is 5.69 Å². The minimum absolute atomic E-state index is 0.338. The fraction of sp³-hybridized carbons (Fsp3) is 0.647. The molecule has 1 aromatic carbocycles. The fourth-order valence-electron chi connectivity index (χ4n) is 3.36. The van der Waals surface area contributed by atoms with Crippen molar-refractivity contribution in [1.29, 1.82) is 0 Å². The van der Waals surface area contributed by atoms with E-state index in [1.54, 1.807) is 0 Å². The zero-order valence-corrected chi connectivity index (χ0v) is 13.1. The highest BCUT2D eigenvalue weighted by atomic mass is 16.7. The van der Waals surface area contributed by atoms with Crippen molar-refractivity contribution in [3.05, 3.63) is 18.2 Å². The standard InChI is InChI=1S/C17H26N2O2/c1-3-8-19-9-6-14(7-10-19)13(2)18-15-4-5-16-17(11-15)21-12-20-16/h4-5,11,13-14,18H,3,6-10,12H2,1-2H3. The molecule has 0 spiro atoms. The van der Waals surface area contributed by atoms with Crippen molar-refractivity contribution in [1.82, 2.24) is 4.90 Å². The van der Waals surface area contributed by atoms with Gasteiger partial charge >= 0.3 is 0 Å². The summed E-state index contributed by atoms with van der Waals surface area (Å²) in [4.78, 5) is 2.59. The molecule has 1 N–H and O–H groups in total. The van der Waals surface area contributed by atoms with Gasteiger partial charge in [-0.25, -0.2) is 0 Å². The summed E-state index contributed by atoms with van der Waals surface area (Å²) in [5.74, 6) is 2.45. The molecule has 21 heavy (non-hydrogen) atoms. The topological polar surface area (TPSA) is 33.7 Å². The van der Waals surface area contributed by atoms with E-state index >= 15 is 0 Å². The van der Waals surface area contributed by atoms with Gasteiger partial charge in [-0.3, -0.25) is 0 Å². The third-order valence-electron chi connectivity index (χ3n) is 4.65. The summed E-state index contributed by atoms with van der Waals surface area (Å²) < 4.78 is 10.8. The Balaban J connectivity index is 1.53. The largest absolute Gasteiger partial charge is 0.454 e. The Morgan fingerprint density at radius 1 is 1.24 bits per heavy atom. The van der Waals surface area contributed by atoms with Crippen LogP contribution in [0.3, 0.4) is 0 Å². The highest BCUT2D eigenvalue weighted by Crippen LogP contribution is 2.35. The van der Waals surface area contributed by atoms with E-state index in [9.17, 15) is 0 Å². The molecular formula is C17H26N2O2. The van der Waals surface area contributed by atoms with Crippen molar-refractivity contribution < 1.29 is 9.47 Å². The van der Waals surface area contributed by atoms with E-state index < -0.39 is 0 Å². The minimum Gasteiger partial charge on any atom is -0.454 e. The predicted octanol–water partition coefficient (Wildman–Crippen LogP) is 3.34. The van der Waals surface area contributed by atoms with E-state index in [4.69, 9.17) is 9.47 Å². The van der Waals surface area contributed by atoms with Crippen LogP contribution in [0.1, 0.15) is 33.1 Å². The van der Waals surface area contributed by atoms with Gasteiger partial charge in [-0.1, -0.05) is 6.92 Å². The molecule has 3 rings (SSSR count). The molecule has 0 saturated carbocycles. The van der Waals surface area contributed by atoms with Crippen LogP contribution in [0.25, 0.3) is 0 Å². The monoisotopic (exact) mass is 290 g/mol. The van der Waals surface area contributed by atoms with Crippen LogP contribution < -0.4 is 14.8 Å². The van der Waals surface area contributed by atoms with Crippen molar-refractivity contribution in [3.8, 4) is 11.5 Å². The van der Waals surface area contributed by atoms with E-state index in [-0.39, 0.29) is 0 Å². The van der Waals surface area contributed by atoms with Gasteiger partial charge < -0.3 is 19.7 Å². The Hall–Kier alpha value is -1.42. The minimum atomic E-state index is 0.338. The summed E-state index contributed by atoms with van der Waals surface area (Å²) in [6.45, 7) is 8.62. The first-order valence-electron chi connectivity index (χ1n) is 8.15. The van der Waals surface area contributed by atoms with Gasteiger partial charge in [0.2, 0.25) is 6.79 Å². The lowest BCUT2D eigenvalue weighted by Crippen LogP contribution is -2.39. The number of likely N-dealkylation sites (tertiary alicyclic amines) is 1. The molecule has 0 amide bonds. The lowest BCUT2D eigenvalue weighted by Gasteiger charge is -2.35. The van der Waals surface area contributed by atoms with Gasteiger partial charge in [0, 0.05) is 17.8 Å². The van der Waals surface area contributed by atoms with E-state index in [1.165, 1.54) is 38.9 Å². The fourth-order valence-corrected chi connectivity index (χ4v) is 3.36. The normalized spacial score (nSPS) is 20.5. The highest BCUT2D eigenvalue weighted by molar-refractivity contribution is 5.56. The average Bonchev–Trinajstić information content (AvgIpc) is 2.96. The van der Waals surface area contributed by atoms with Gasteiger partial charge in [-0.05, 0) is 63.9 Å². The van der Waals surface area contributed by atoms with Crippen molar-refractivity contribution in [2.24, 2.45) is 5.92 Å². The van der Waals surface area contributed by atoms with Crippen LogP contribution in [0, 0.1) is 5.92 Å². The van der Waals surface area contributed by atoms with Crippen LogP contribution in [0.2, 0.25) is 0 Å². The second-order valence-electron chi connectivity index (χ2n) is 6.18. The number of benzene rings is 1. The van der Waals surface area contributed by atoms with E-state index in [2.05, 4.69) is 30.1 Å². The number of hydrogen-bond acceptors (Lipinski definition) is 4. The second kappa shape index (κ2) is 6.56. The molecule has 1 unspecified atom stereocenters. The maximum absolute atomic E-state index is 5.44. The molecule has 1 saturated heterocycles. The van der Waals surface area contributed by atoms with Crippen molar-refractivity contribution in [3.63, 3.8) is 0 Å². The van der Waals surface area contributed by atoms with Gasteiger partial charge in [0.15, 0.2) is 11.5 Å².